The Bertz CT molecular complexity index is 761. The van der Waals surface area contributed by atoms with Gasteiger partial charge in [0.25, 0.3) is 5.91 Å². The maximum absolute atomic E-state index is 12.5. The molecule has 0 radical (unpaired) electrons. The summed E-state index contributed by atoms with van der Waals surface area (Å²) in [6.07, 6.45) is 3.84. The predicted molar refractivity (Wildman–Crippen MR) is 113 cm³/mol. The molecule has 0 atom stereocenters. The minimum absolute atomic E-state index is 0.0255. The van der Waals surface area contributed by atoms with E-state index >= 15 is 0 Å². The van der Waals surface area contributed by atoms with E-state index in [0.29, 0.717) is 12.1 Å². The first kappa shape index (κ1) is 18.8. The molecule has 0 aliphatic carbocycles. The number of hydrogen-bond acceptors (Lipinski definition) is 4. The monoisotopic (exact) mass is 379 g/mol. The second kappa shape index (κ2) is 9.11. The van der Waals surface area contributed by atoms with Gasteiger partial charge in [-0.05, 0) is 61.2 Å². The second-order valence-electron chi connectivity index (χ2n) is 7.54. The van der Waals surface area contributed by atoms with Gasteiger partial charge < -0.3 is 19.9 Å². The molecule has 0 saturated carbocycles. The van der Waals surface area contributed by atoms with Gasteiger partial charge in [-0.15, -0.1) is 0 Å². The summed E-state index contributed by atoms with van der Waals surface area (Å²) in [4.78, 5) is 17.2. The van der Waals surface area contributed by atoms with Crippen molar-refractivity contribution in [3.8, 4) is 0 Å². The first-order valence-corrected chi connectivity index (χ1v) is 10.3. The van der Waals surface area contributed by atoms with Crippen molar-refractivity contribution in [1.82, 2.24) is 5.32 Å². The van der Waals surface area contributed by atoms with E-state index in [-0.39, 0.29) is 5.91 Å². The third kappa shape index (κ3) is 4.65. The Hall–Kier alpha value is -2.53. The number of rotatable bonds is 5. The highest BCUT2D eigenvalue weighted by atomic mass is 16.5. The summed E-state index contributed by atoms with van der Waals surface area (Å²) >= 11 is 0. The number of anilines is 2. The molecule has 1 amide bonds. The van der Waals surface area contributed by atoms with Crippen LogP contribution in [0.3, 0.4) is 0 Å². The summed E-state index contributed by atoms with van der Waals surface area (Å²) < 4.78 is 5.40. The van der Waals surface area contributed by atoms with Crippen molar-refractivity contribution in [2.75, 3.05) is 49.2 Å². The van der Waals surface area contributed by atoms with E-state index < -0.39 is 0 Å². The van der Waals surface area contributed by atoms with Gasteiger partial charge in [0.1, 0.15) is 0 Å². The molecule has 4 rings (SSSR count). The van der Waals surface area contributed by atoms with E-state index in [1.54, 1.807) is 0 Å². The average Bonchev–Trinajstić information content (AvgIpc) is 2.79. The largest absolute Gasteiger partial charge is 0.378 e. The Balaban J connectivity index is 1.30. The van der Waals surface area contributed by atoms with Crippen molar-refractivity contribution in [3.05, 3.63) is 59.7 Å². The van der Waals surface area contributed by atoms with Crippen molar-refractivity contribution in [2.24, 2.45) is 0 Å². The fraction of sp³-hybridized carbons (Fsp3) is 0.435. The van der Waals surface area contributed by atoms with Gasteiger partial charge in [-0.3, -0.25) is 4.79 Å². The van der Waals surface area contributed by atoms with E-state index in [0.717, 1.165) is 45.0 Å². The maximum atomic E-state index is 12.5. The van der Waals surface area contributed by atoms with Gasteiger partial charge in [-0.1, -0.05) is 12.1 Å². The Morgan fingerprint density at radius 3 is 2.00 bits per heavy atom. The van der Waals surface area contributed by atoms with Crippen LogP contribution in [0.4, 0.5) is 11.4 Å². The van der Waals surface area contributed by atoms with Crippen molar-refractivity contribution >= 4 is 17.3 Å². The number of amides is 1. The molecule has 5 nitrogen and oxygen atoms in total. The number of ether oxygens (including phenoxy) is 1. The van der Waals surface area contributed by atoms with E-state index in [1.165, 1.54) is 30.6 Å². The number of nitrogens with one attached hydrogen (secondary N) is 1. The SMILES string of the molecule is O=C(NCc1ccc(N2CCOCC2)cc1)c1ccc(N2CCCCC2)cc1. The van der Waals surface area contributed by atoms with Gasteiger partial charge in [0.2, 0.25) is 0 Å². The lowest BCUT2D eigenvalue weighted by molar-refractivity contribution is 0.0951. The molecule has 28 heavy (non-hydrogen) atoms. The number of nitrogens with zero attached hydrogens (tertiary/aromatic N) is 2. The van der Waals surface area contributed by atoms with E-state index in [2.05, 4.69) is 51.5 Å². The van der Waals surface area contributed by atoms with Crippen LogP contribution >= 0.6 is 0 Å². The zero-order valence-corrected chi connectivity index (χ0v) is 16.4. The molecule has 2 aromatic rings. The van der Waals surface area contributed by atoms with Gasteiger partial charge in [0.05, 0.1) is 13.2 Å². The number of piperidine rings is 1. The highest BCUT2D eigenvalue weighted by Gasteiger charge is 2.13. The smallest absolute Gasteiger partial charge is 0.251 e. The molecule has 2 aliphatic heterocycles. The van der Waals surface area contributed by atoms with E-state index in [4.69, 9.17) is 4.74 Å². The van der Waals surface area contributed by atoms with Crippen molar-refractivity contribution in [3.63, 3.8) is 0 Å². The van der Waals surface area contributed by atoms with Crippen molar-refractivity contribution < 1.29 is 9.53 Å². The Labute approximate surface area is 167 Å². The maximum Gasteiger partial charge on any atom is 0.251 e. The molecule has 0 spiro atoms. The summed E-state index contributed by atoms with van der Waals surface area (Å²) in [5.74, 6) is -0.0255. The molecule has 2 aliphatic rings. The summed E-state index contributed by atoms with van der Waals surface area (Å²) in [5.41, 5.74) is 4.25. The van der Waals surface area contributed by atoms with Crippen LogP contribution in [0.15, 0.2) is 48.5 Å². The molecule has 2 aromatic carbocycles. The van der Waals surface area contributed by atoms with E-state index in [1.807, 2.05) is 12.1 Å². The summed E-state index contributed by atoms with van der Waals surface area (Å²) in [7, 11) is 0. The summed E-state index contributed by atoms with van der Waals surface area (Å²) in [5, 5.41) is 3.03. The summed E-state index contributed by atoms with van der Waals surface area (Å²) in [6, 6.07) is 16.4. The Kier molecular flexibility index (Phi) is 6.12. The van der Waals surface area contributed by atoms with Crippen LogP contribution in [0.2, 0.25) is 0 Å². The van der Waals surface area contributed by atoms with Crippen molar-refractivity contribution in [1.29, 1.82) is 0 Å². The zero-order chi connectivity index (χ0) is 19.2. The van der Waals surface area contributed by atoms with Crippen LogP contribution in [0, 0.1) is 0 Å². The van der Waals surface area contributed by atoms with Gasteiger partial charge in [-0.25, -0.2) is 0 Å². The first-order chi connectivity index (χ1) is 13.8. The number of morpholine rings is 1. The van der Waals surface area contributed by atoms with Crippen LogP contribution in [-0.4, -0.2) is 45.3 Å². The molecule has 2 saturated heterocycles. The number of carbonyl (C=O) groups excluding carboxylic acids is 1. The first-order valence-electron chi connectivity index (χ1n) is 10.3. The Morgan fingerprint density at radius 2 is 1.36 bits per heavy atom. The fourth-order valence-electron chi connectivity index (χ4n) is 3.91. The molecular weight excluding hydrogens is 350 g/mol. The highest BCUT2D eigenvalue weighted by Crippen LogP contribution is 2.20. The fourth-order valence-corrected chi connectivity index (χ4v) is 3.91. The topological polar surface area (TPSA) is 44.8 Å². The van der Waals surface area contributed by atoms with Crippen LogP contribution in [0.1, 0.15) is 35.2 Å². The molecule has 0 aromatic heterocycles. The molecule has 0 bridgehead atoms. The number of hydrogen-bond donors (Lipinski definition) is 1. The lowest BCUT2D eigenvalue weighted by Gasteiger charge is -2.29. The average molecular weight is 380 g/mol. The zero-order valence-electron chi connectivity index (χ0n) is 16.4. The third-order valence-electron chi connectivity index (χ3n) is 5.62. The molecule has 2 fully saturated rings. The highest BCUT2D eigenvalue weighted by molar-refractivity contribution is 5.94. The standard InChI is InChI=1S/C23H29N3O2/c27-23(20-6-10-22(11-7-20)25-12-2-1-3-13-25)24-18-19-4-8-21(9-5-19)26-14-16-28-17-15-26/h4-11H,1-3,12-18H2,(H,24,27). The molecule has 1 N–H and O–H groups in total. The van der Waals surface area contributed by atoms with Gasteiger partial charge in [-0.2, -0.15) is 0 Å². The minimum atomic E-state index is -0.0255. The normalized spacial score (nSPS) is 17.4. The van der Waals surface area contributed by atoms with Gasteiger partial charge >= 0.3 is 0 Å². The van der Waals surface area contributed by atoms with Crippen molar-refractivity contribution in [2.45, 2.75) is 25.8 Å². The third-order valence-corrected chi connectivity index (χ3v) is 5.62. The van der Waals surface area contributed by atoms with Crippen LogP contribution in [0.25, 0.3) is 0 Å². The Morgan fingerprint density at radius 1 is 0.786 bits per heavy atom. The second-order valence-corrected chi connectivity index (χ2v) is 7.54. The molecule has 5 heteroatoms. The number of benzene rings is 2. The van der Waals surface area contributed by atoms with E-state index in [9.17, 15) is 4.79 Å². The molecule has 148 valence electrons. The van der Waals surface area contributed by atoms with Gasteiger partial charge in [0.15, 0.2) is 0 Å². The summed E-state index contributed by atoms with van der Waals surface area (Å²) in [6.45, 7) is 6.21. The van der Waals surface area contributed by atoms with Crippen LogP contribution in [-0.2, 0) is 11.3 Å². The molecule has 2 heterocycles. The lowest BCUT2D eigenvalue weighted by atomic mass is 10.1. The van der Waals surface area contributed by atoms with Crippen LogP contribution < -0.4 is 15.1 Å². The van der Waals surface area contributed by atoms with Gasteiger partial charge in [0, 0.05) is 49.7 Å². The molecular formula is C23H29N3O2. The predicted octanol–water partition coefficient (Wildman–Crippen LogP) is 3.44. The minimum Gasteiger partial charge on any atom is -0.378 e. The molecule has 0 unspecified atom stereocenters. The lowest BCUT2D eigenvalue weighted by Crippen LogP contribution is -2.36. The quantitative estimate of drug-likeness (QED) is 0.864. The number of carbonyl (C=O) groups is 1. The van der Waals surface area contributed by atoms with Crippen LogP contribution in [0.5, 0.6) is 0 Å².